The van der Waals surface area contributed by atoms with Gasteiger partial charge in [-0.25, -0.2) is 0 Å². The maximum atomic E-state index is 12.5. The van der Waals surface area contributed by atoms with Gasteiger partial charge < -0.3 is 0 Å². The normalized spacial score (nSPS) is 10.7. The summed E-state index contributed by atoms with van der Waals surface area (Å²) in [5, 5.41) is 7.67. The molecule has 7 nitrogen and oxygen atoms in total. The Morgan fingerprint density at radius 2 is 1.76 bits per heavy atom. The topological polar surface area (TPSA) is 94.4 Å². The molecule has 142 valence electrons. The van der Waals surface area contributed by atoms with Crippen LogP contribution in [0.5, 0.6) is 0 Å². The number of Topliss-reactive ketones (excluding diaryl/α,β-unsaturated/α-hetero) is 1. The van der Waals surface area contributed by atoms with Crippen molar-refractivity contribution in [2.75, 3.05) is 0 Å². The van der Waals surface area contributed by atoms with Crippen LogP contribution in [0.4, 0.5) is 0 Å². The summed E-state index contributed by atoms with van der Waals surface area (Å²) in [5.74, 6) is 0.0873. The highest BCUT2D eigenvalue weighted by molar-refractivity contribution is 5.83. The van der Waals surface area contributed by atoms with E-state index >= 15 is 0 Å². The average molecular weight is 382 g/mol. The molecule has 4 heterocycles. The summed E-state index contributed by atoms with van der Waals surface area (Å²) in [6.07, 6.45) is 12.3. The molecule has 0 aliphatic carbocycles. The van der Waals surface area contributed by atoms with Crippen LogP contribution < -0.4 is 0 Å². The monoisotopic (exact) mass is 382 g/mol. The van der Waals surface area contributed by atoms with E-state index in [2.05, 4.69) is 30.1 Å². The third kappa shape index (κ3) is 4.52. The van der Waals surface area contributed by atoms with Crippen molar-refractivity contribution in [3.63, 3.8) is 0 Å². The number of hydrogen-bond donors (Lipinski definition) is 0. The fourth-order valence-corrected chi connectivity index (χ4v) is 3.08. The minimum atomic E-state index is 0.0873. The number of rotatable bonds is 6. The molecule has 7 heteroatoms. The first-order chi connectivity index (χ1) is 14.2. The number of hydrogen-bond acceptors (Lipinski definition) is 7. The van der Waals surface area contributed by atoms with E-state index in [1.54, 1.807) is 43.4 Å². The van der Waals surface area contributed by atoms with Gasteiger partial charge >= 0.3 is 0 Å². The smallest absolute Gasteiger partial charge is 0.143 e. The molecule has 0 unspecified atom stereocenters. The second-order valence-corrected chi connectivity index (χ2v) is 6.66. The molecule has 0 fully saturated rings. The first kappa shape index (κ1) is 18.5. The van der Waals surface area contributed by atoms with Crippen LogP contribution in [0.3, 0.4) is 0 Å². The van der Waals surface area contributed by atoms with E-state index in [1.165, 1.54) is 0 Å². The minimum Gasteiger partial charge on any atom is -0.299 e. The molecular weight excluding hydrogens is 364 g/mol. The van der Waals surface area contributed by atoms with Gasteiger partial charge in [0.1, 0.15) is 5.78 Å². The number of carbonyl (C=O) groups excluding carboxylic acids is 1. The van der Waals surface area contributed by atoms with Gasteiger partial charge in [-0.2, -0.15) is 10.2 Å². The van der Waals surface area contributed by atoms with Crippen LogP contribution in [0.15, 0.2) is 67.6 Å². The van der Waals surface area contributed by atoms with E-state index < -0.39 is 0 Å². The Hall–Kier alpha value is -3.87. The second-order valence-electron chi connectivity index (χ2n) is 6.66. The summed E-state index contributed by atoms with van der Waals surface area (Å²) >= 11 is 0. The lowest BCUT2D eigenvalue weighted by Gasteiger charge is -2.07. The molecule has 4 aromatic rings. The molecule has 0 aliphatic heterocycles. The number of aromatic nitrogens is 6. The molecule has 4 aromatic heterocycles. The van der Waals surface area contributed by atoms with E-state index in [0.29, 0.717) is 6.42 Å². The minimum absolute atomic E-state index is 0.0873. The van der Waals surface area contributed by atoms with Crippen molar-refractivity contribution in [3.8, 4) is 22.5 Å². The van der Waals surface area contributed by atoms with Crippen LogP contribution in [0.1, 0.15) is 16.8 Å². The molecule has 4 rings (SSSR count). The summed E-state index contributed by atoms with van der Waals surface area (Å²) < 4.78 is 0. The maximum absolute atomic E-state index is 12.5. The van der Waals surface area contributed by atoms with Gasteiger partial charge in [0.15, 0.2) is 0 Å². The van der Waals surface area contributed by atoms with Gasteiger partial charge in [0.2, 0.25) is 0 Å². The van der Waals surface area contributed by atoms with E-state index in [-0.39, 0.29) is 12.2 Å². The molecule has 0 radical (unpaired) electrons. The Morgan fingerprint density at radius 1 is 0.828 bits per heavy atom. The molecular formula is C22H18N6O. The van der Waals surface area contributed by atoms with Gasteiger partial charge in [-0.15, -0.1) is 0 Å². The molecule has 0 saturated carbocycles. The lowest BCUT2D eigenvalue weighted by atomic mass is 10.0. The second kappa shape index (κ2) is 8.43. The zero-order chi connectivity index (χ0) is 20.1. The van der Waals surface area contributed by atoms with Gasteiger partial charge in [-0.1, -0.05) is 6.07 Å². The summed E-state index contributed by atoms with van der Waals surface area (Å²) in [7, 11) is 0. The largest absolute Gasteiger partial charge is 0.299 e. The Balaban J connectivity index is 1.41. The van der Waals surface area contributed by atoms with Crippen LogP contribution in [0, 0.1) is 6.92 Å². The van der Waals surface area contributed by atoms with E-state index in [1.807, 2.05) is 31.2 Å². The average Bonchev–Trinajstić information content (AvgIpc) is 2.75. The van der Waals surface area contributed by atoms with Crippen LogP contribution in [0.2, 0.25) is 0 Å². The number of carbonyl (C=O) groups is 1. The number of aryl methyl sites for hydroxylation is 1. The summed E-state index contributed by atoms with van der Waals surface area (Å²) in [4.78, 5) is 29.7. The molecule has 29 heavy (non-hydrogen) atoms. The SMILES string of the molecule is Cc1cc(CC(=O)Cc2ccc(-c3cnccn3)cn2)cnc1-c1ccnnc1. The summed E-state index contributed by atoms with van der Waals surface area (Å²) in [5.41, 5.74) is 5.98. The van der Waals surface area contributed by atoms with Crippen LogP contribution in [0.25, 0.3) is 22.5 Å². The molecule has 0 aromatic carbocycles. The lowest BCUT2D eigenvalue weighted by Crippen LogP contribution is -2.08. The van der Waals surface area contributed by atoms with Crippen molar-refractivity contribution >= 4 is 5.78 Å². The van der Waals surface area contributed by atoms with Gasteiger partial charge in [-0.05, 0) is 36.2 Å². The molecule has 0 atom stereocenters. The quantitative estimate of drug-likeness (QED) is 0.506. The lowest BCUT2D eigenvalue weighted by molar-refractivity contribution is -0.117. The van der Waals surface area contributed by atoms with Gasteiger partial charge in [0.05, 0.1) is 30.0 Å². The summed E-state index contributed by atoms with van der Waals surface area (Å²) in [6.45, 7) is 1.98. The third-order valence-corrected chi connectivity index (χ3v) is 4.46. The van der Waals surface area contributed by atoms with E-state index in [9.17, 15) is 4.79 Å². The molecule has 0 N–H and O–H groups in total. The van der Waals surface area contributed by atoms with Crippen molar-refractivity contribution < 1.29 is 4.79 Å². The van der Waals surface area contributed by atoms with Crippen molar-refractivity contribution in [3.05, 3.63) is 84.5 Å². The van der Waals surface area contributed by atoms with Crippen LogP contribution in [-0.2, 0) is 17.6 Å². The van der Waals surface area contributed by atoms with Crippen LogP contribution in [-0.4, -0.2) is 35.9 Å². The molecule has 0 aliphatic rings. The van der Waals surface area contributed by atoms with Gasteiger partial charge in [0, 0.05) is 54.4 Å². The fourth-order valence-electron chi connectivity index (χ4n) is 3.08. The first-order valence-corrected chi connectivity index (χ1v) is 9.14. The fraction of sp³-hybridized carbons (Fsp3) is 0.136. The molecule has 0 bridgehead atoms. The highest BCUT2D eigenvalue weighted by Crippen LogP contribution is 2.20. The van der Waals surface area contributed by atoms with Crippen molar-refractivity contribution in [2.24, 2.45) is 0 Å². The zero-order valence-electron chi connectivity index (χ0n) is 15.9. The molecule has 0 saturated heterocycles. The highest BCUT2D eigenvalue weighted by atomic mass is 16.1. The van der Waals surface area contributed by atoms with Crippen LogP contribution >= 0.6 is 0 Å². The first-order valence-electron chi connectivity index (χ1n) is 9.14. The highest BCUT2D eigenvalue weighted by Gasteiger charge is 2.10. The summed E-state index contributed by atoms with van der Waals surface area (Å²) in [6, 6.07) is 7.61. The van der Waals surface area contributed by atoms with Crippen molar-refractivity contribution in [1.82, 2.24) is 30.1 Å². The standard InChI is InChI=1S/C22H18N6O/c1-15-8-16(11-26-22(15)18-4-5-27-28-13-18)9-20(29)10-19-3-2-17(12-25-19)21-14-23-6-7-24-21/h2-8,11-14H,9-10H2,1H3. The van der Waals surface area contributed by atoms with Crippen molar-refractivity contribution in [2.45, 2.75) is 19.8 Å². The number of nitrogens with zero attached hydrogens (tertiary/aromatic N) is 6. The number of ketones is 1. The van der Waals surface area contributed by atoms with Gasteiger partial charge in [0.25, 0.3) is 0 Å². The van der Waals surface area contributed by atoms with Gasteiger partial charge in [-0.3, -0.25) is 24.7 Å². The Bertz CT molecular complexity index is 1120. The Kier molecular flexibility index (Phi) is 5.38. The maximum Gasteiger partial charge on any atom is 0.143 e. The van der Waals surface area contributed by atoms with Crippen molar-refractivity contribution in [1.29, 1.82) is 0 Å². The number of pyridine rings is 2. The zero-order valence-corrected chi connectivity index (χ0v) is 15.9. The third-order valence-electron chi connectivity index (χ3n) is 4.46. The Morgan fingerprint density at radius 3 is 2.45 bits per heavy atom. The molecule has 0 spiro atoms. The Labute approximate surface area is 168 Å². The van der Waals surface area contributed by atoms with E-state index in [0.717, 1.165) is 39.3 Å². The predicted molar refractivity (Wildman–Crippen MR) is 108 cm³/mol. The predicted octanol–water partition coefficient (Wildman–Crippen LogP) is 3.05. The molecule has 0 amide bonds. The van der Waals surface area contributed by atoms with E-state index in [4.69, 9.17) is 0 Å².